The fraction of sp³-hybridized carbons (Fsp3) is 0.545. The Labute approximate surface area is 180 Å². The molecule has 30 heavy (non-hydrogen) atoms. The Morgan fingerprint density at radius 2 is 1.73 bits per heavy atom. The summed E-state index contributed by atoms with van der Waals surface area (Å²) < 4.78 is 5.41. The van der Waals surface area contributed by atoms with Gasteiger partial charge in [0.05, 0.1) is 11.1 Å². The van der Waals surface area contributed by atoms with E-state index in [1.54, 1.807) is 24.3 Å². The largest absolute Gasteiger partial charge is 0.451 e. The second-order valence-electron chi connectivity index (χ2n) is 7.75. The smallest absolute Gasteiger partial charge is 0.330 e. The highest BCUT2D eigenvalue weighted by molar-refractivity contribution is 7.98. The van der Waals surface area contributed by atoms with Gasteiger partial charge in [-0.25, -0.2) is 4.79 Å². The summed E-state index contributed by atoms with van der Waals surface area (Å²) in [4.78, 5) is 52.0. The van der Waals surface area contributed by atoms with Crippen LogP contribution in [0.4, 0.5) is 0 Å². The lowest BCUT2D eigenvalue weighted by Crippen LogP contribution is -2.49. The zero-order valence-electron chi connectivity index (χ0n) is 17.4. The summed E-state index contributed by atoms with van der Waals surface area (Å²) in [5.74, 6) is -1.52. The molecule has 2 aliphatic rings. The molecule has 0 aromatic heterocycles. The molecule has 8 heteroatoms. The predicted molar refractivity (Wildman–Crippen MR) is 114 cm³/mol. The average molecular weight is 433 g/mol. The Balaban J connectivity index is 1.69. The first-order valence-electron chi connectivity index (χ1n) is 10.4. The molecular weight excluding hydrogens is 404 g/mol. The molecule has 0 saturated heterocycles. The summed E-state index contributed by atoms with van der Waals surface area (Å²) in [6.45, 7) is 1.52. The van der Waals surface area contributed by atoms with Crippen LogP contribution in [0.25, 0.3) is 0 Å². The van der Waals surface area contributed by atoms with E-state index in [2.05, 4.69) is 5.32 Å². The standard InChI is InChI=1S/C22H28N2O5S/c1-14(19(25)23-15-8-4-3-5-9-15)29-22(28)18(12-13-30-2)24-20(26)16-10-6-7-11-17(16)21(24)27/h6-7,10-11,14-15,18H,3-5,8-9,12-13H2,1-2H3,(H,23,25). The first-order chi connectivity index (χ1) is 14.4. The molecule has 1 saturated carbocycles. The Bertz CT molecular complexity index is 787. The van der Waals surface area contributed by atoms with Crippen molar-refractivity contribution in [3.05, 3.63) is 35.4 Å². The van der Waals surface area contributed by atoms with E-state index in [1.807, 2.05) is 6.26 Å². The molecule has 1 aliphatic carbocycles. The van der Waals surface area contributed by atoms with Gasteiger partial charge in [-0.1, -0.05) is 31.4 Å². The number of hydrogen-bond acceptors (Lipinski definition) is 6. The summed E-state index contributed by atoms with van der Waals surface area (Å²) in [6.07, 6.45) is 6.34. The zero-order chi connectivity index (χ0) is 21.7. The summed E-state index contributed by atoms with van der Waals surface area (Å²) in [6, 6.07) is 5.56. The van der Waals surface area contributed by atoms with Crippen molar-refractivity contribution in [3.63, 3.8) is 0 Å². The van der Waals surface area contributed by atoms with Crippen molar-refractivity contribution in [2.45, 2.75) is 63.6 Å². The van der Waals surface area contributed by atoms with Gasteiger partial charge < -0.3 is 10.1 Å². The van der Waals surface area contributed by atoms with Gasteiger partial charge in [0.25, 0.3) is 17.7 Å². The van der Waals surface area contributed by atoms with E-state index in [-0.39, 0.29) is 29.5 Å². The maximum atomic E-state index is 12.9. The molecule has 2 atom stereocenters. The molecule has 0 bridgehead atoms. The van der Waals surface area contributed by atoms with Crippen LogP contribution in [-0.4, -0.2) is 58.8 Å². The third-order valence-corrected chi connectivity index (χ3v) is 6.26. The van der Waals surface area contributed by atoms with Crippen LogP contribution >= 0.6 is 11.8 Å². The third kappa shape index (κ3) is 4.86. The van der Waals surface area contributed by atoms with Crippen LogP contribution in [0.15, 0.2) is 24.3 Å². The number of carbonyl (C=O) groups is 4. The average Bonchev–Trinajstić information content (AvgIpc) is 3.00. The number of fused-ring (bicyclic) bond motifs is 1. The molecule has 0 spiro atoms. The quantitative estimate of drug-likeness (QED) is 0.502. The molecule has 1 aromatic rings. The minimum atomic E-state index is -1.06. The van der Waals surface area contributed by atoms with Crippen molar-refractivity contribution in [3.8, 4) is 0 Å². The van der Waals surface area contributed by atoms with Crippen molar-refractivity contribution in [2.75, 3.05) is 12.0 Å². The predicted octanol–water partition coefficient (Wildman–Crippen LogP) is 2.78. The number of ether oxygens (including phenoxy) is 1. The van der Waals surface area contributed by atoms with Crippen LogP contribution in [0.2, 0.25) is 0 Å². The highest BCUT2D eigenvalue weighted by Gasteiger charge is 2.43. The summed E-state index contributed by atoms with van der Waals surface area (Å²) in [7, 11) is 0. The number of hydrogen-bond donors (Lipinski definition) is 1. The summed E-state index contributed by atoms with van der Waals surface area (Å²) in [5.41, 5.74) is 0.570. The number of carbonyl (C=O) groups excluding carboxylic acids is 4. The highest BCUT2D eigenvalue weighted by atomic mass is 32.2. The summed E-state index contributed by atoms with van der Waals surface area (Å²) in [5, 5.41) is 2.94. The van der Waals surface area contributed by atoms with Crippen LogP contribution in [-0.2, 0) is 14.3 Å². The maximum absolute atomic E-state index is 12.9. The van der Waals surface area contributed by atoms with Crippen LogP contribution in [0.3, 0.4) is 0 Å². The van der Waals surface area contributed by atoms with Gasteiger partial charge in [-0.15, -0.1) is 0 Å². The van der Waals surface area contributed by atoms with Crippen LogP contribution in [0.5, 0.6) is 0 Å². The number of benzene rings is 1. The lowest BCUT2D eigenvalue weighted by molar-refractivity contribution is -0.158. The van der Waals surface area contributed by atoms with E-state index in [4.69, 9.17) is 4.74 Å². The Kier molecular flexibility index (Phi) is 7.53. The molecule has 2 unspecified atom stereocenters. The molecule has 3 rings (SSSR count). The van der Waals surface area contributed by atoms with E-state index in [0.717, 1.165) is 30.6 Å². The molecule has 1 aliphatic heterocycles. The molecule has 1 aromatic carbocycles. The lowest BCUT2D eigenvalue weighted by Gasteiger charge is -2.27. The first kappa shape index (κ1) is 22.3. The Hall–Kier alpha value is -2.35. The first-order valence-corrected chi connectivity index (χ1v) is 11.8. The van der Waals surface area contributed by atoms with Gasteiger partial charge in [-0.05, 0) is 50.3 Å². The van der Waals surface area contributed by atoms with Crippen LogP contribution < -0.4 is 5.32 Å². The number of amides is 3. The molecular formula is C22H28N2O5S. The third-order valence-electron chi connectivity index (χ3n) is 5.62. The van der Waals surface area contributed by atoms with Crippen LogP contribution in [0.1, 0.15) is 66.2 Å². The highest BCUT2D eigenvalue weighted by Crippen LogP contribution is 2.27. The van der Waals surface area contributed by atoms with Gasteiger partial charge in [-0.2, -0.15) is 11.8 Å². The van der Waals surface area contributed by atoms with E-state index < -0.39 is 29.9 Å². The van der Waals surface area contributed by atoms with Gasteiger partial charge in [0.15, 0.2) is 6.10 Å². The molecule has 1 heterocycles. The SMILES string of the molecule is CSCCC(C(=O)OC(C)C(=O)NC1CCCCC1)N1C(=O)c2ccccc2C1=O. The number of thioether (sulfide) groups is 1. The topological polar surface area (TPSA) is 92.8 Å². The fourth-order valence-corrected chi connectivity index (χ4v) is 4.40. The molecule has 1 N–H and O–H groups in total. The second-order valence-corrected chi connectivity index (χ2v) is 8.73. The number of rotatable bonds is 8. The van der Waals surface area contributed by atoms with Crippen molar-refractivity contribution in [1.29, 1.82) is 0 Å². The van der Waals surface area contributed by atoms with Crippen molar-refractivity contribution >= 4 is 35.5 Å². The molecule has 0 radical (unpaired) electrons. The fourth-order valence-electron chi connectivity index (χ4n) is 3.94. The van der Waals surface area contributed by atoms with Crippen molar-refractivity contribution < 1.29 is 23.9 Å². The Morgan fingerprint density at radius 1 is 1.13 bits per heavy atom. The van der Waals surface area contributed by atoms with E-state index in [1.165, 1.54) is 25.1 Å². The normalized spacial score (nSPS) is 18.7. The van der Waals surface area contributed by atoms with Crippen LogP contribution in [0, 0.1) is 0 Å². The van der Waals surface area contributed by atoms with Gasteiger partial charge in [0.1, 0.15) is 6.04 Å². The van der Waals surface area contributed by atoms with Gasteiger partial charge in [0.2, 0.25) is 0 Å². The molecule has 3 amide bonds. The minimum Gasteiger partial charge on any atom is -0.451 e. The van der Waals surface area contributed by atoms with Crippen molar-refractivity contribution in [1.82, 2.24) is 10.2 Å². The second kappa shape index (κ2) is 10.1. The zero-order valence-corrected chi connectivity index (χ0v) is 18.2. The number of esters is 1. The van der Waals surface area contributed by atoms with Gasteiger partial charge in [-0.3, -0.25) is 19.3 Å². The lowest BCUT2D eigenvalue weighted by atomic mass is 9.95. The monoisotopic (exact) mass is 432 g/mol. The molecule has 1 fully saturated rings. The number of nitrogens with zero attached hydrogens (tertiary/aromatic N) is 1. The number of nitrogens with one attached hydrogen (secondary N) is 1. The van der Waals surface area contributed by atoms with E-state index in [9.17, 15) is 19.2 Å². The Morgan fingerprint density at radius 3 is 2.30 bits per heavy atom. The minimum absolute atomic E-state index is 0.107. The number of imide groups is 1. The van der Waals surface area contributed by atoms with E-state index >= 15 is 0 Å². The van der Waals surface area contributed by atoms with Gasteiger partial charge in [0, 0.05) is 6.04 Å². The van der Waals surface area contributed by atoms with E-state index in [0.29, 0.717) is 5.75 Å². The van der Waals surface area contributed by atoms with Gasteiger partial charge >= 0.3 is 5.97 Å². The summed E-state index contributed by atoms with van der Waals surface area (Å²) >= 11 is 1.50. The molecule has 162 valence electrons. The maximum Gasteiger partial charge on any atom is 0.330 e. The van der Waals surface area contributed by atoms with Crippen molar-refractivity contribution in [2.24, 2.45) is 0 Å². The molecule has 7 nitrogen and oxygen atoms in total.